The highest BCUT2D eigenvalue weighted by molar-refractivity contribution is 7.91. The van der Waals surface area contributed by atoms with E-state index in [4.69, 9.17) is 0 Å². The molecule has 0 bridgehead atoms. The van der Waals surface area contributed by atoms with E-state index in [9.17, 15) is 8.42 Å². The maximum atomic E-state index is 11.3. The van der Waals surface area contributed by atoms with Crippen molar-refractivity contribution in [1.82, 2.24) is 10.2 Å². The molecule has 1 saturated heterocycles. The van der Waals surface area contributed by atoms with Crippen LogP contribution in [0.1, 0.15) is 20.3 Å². The molecule has 0 aromatic heterocycles. The molecule has 0 spiro atoms. The molecule has 96 valence electrons. The van der Waals surface area contributed by atoms with Gasteiger partial charge in [0.25, 0.3) is 0 Å². The second kappa shape index (κ2) is 5.02. The second-order valence-electron chi connectivity index (χ2n) is 5.88. The lowest BCUT2D eigenvalue weighted by molar-refractivity contribution is 0.227. The summed E-state index contributed by atoms with van der Waals surface area (Å²) in [5.74, 6) is 0.657. The molecule has 4 nitrogen and oxygen atoms in total. The van der Waals surface area contributed by atoms with E-state index < -0.39 is 9.84 Å². The molecule has 0 amide bonds. The topological polar surface area (TPSA) is 49.4 Å². The lowest BCUT2D eigenvalue weighted by atomic mass is 9.92. The maximum absolute atomic E-state index is 11.3. The summed E-state index contributed by atoms with van der Waals surface area (Å²) in [4.78, 5) is 2.16. The zero-order valence-corrected chi connectivity index (χ0v) is 11.6. The van der Waals surface area contributed by atoms with Crippen molar-refractivity contribution in [3.8, 4) is 0 Å². The Morgan fingerprint density at radius 1 is 1.38 bits per heavy atom. The predicted molar refractivity (Wildman–Crippen MR) is 67.4 cm³/mol. The van der Waals surface area contributed by atoms with Gasteiger partial charge in [-0.2, -0.15) is 0 Å². The van der Waals surface area contributed by atoms with Gasteiger partial charge in [0.2, 0.25) is 0 Å². The van der Waals surface area contributed by atoms with Crippen LogP contribution in [0, 0.1) is 5.41 Å². The number of nitrogens with zero attached hydrogens (tertiary/aromatic N) is 1. The van der Waals surface area contributed by atoms with Crippen LogP contribution in [0.5, 0.6) is 0 Å². The van der Waals surface area contributed by atoms with Gasteiger partial charge in [0.15, 0.2) is 9.84 Å². The van der Waals surface area contributed by atoms with Crippen molar-refractivity contribution in [2.45, 2.75) is 26.3 Å². The van der Waals surface area contributed by atoms with E-state index in [-0.39, 0.29) is 11.5 Å². The van der Waals surface area contributed by atoms with Crippen LogP contribution in [-0.4, -0.2) is 58.1 Å². The van der Waals surface area contributed by atoms with Crippen LogP contribution in [0.4, 0.5) is 0 Å². The van der Waals surface area contributed by atoms with Gasteiger partial charge in [-0.25, -0.2) is 8.42 Å². The highest BCUT2D eigenvalue weighted by Gasteiger charge is 2.29. The number of hydrogen-bond donors (Lipinski definition) is 1. The first-order chi connectivity index (χ1) is 7.20. The minimum atomic E-state index is -2.76. The van der Waals surface area contributed by atoms with Crippen molar-refractivity contribution in [3.05, 3.63) is 0 Å². The van der Waals surface area contributed by atoms with E-state index in [0.29, 0.717) is 11.5 Å². The molecule has 1 atom stereocenters. The largest absolute Gasteiger partial charge is 0.312 e. The summed E-state index contributed by atoms with van der Waals surface area (Å²) in [6.45, 7) is 6.26. The van der Waals surface area contributed by atoms with Crippen molar-refractivity contribution < 1.29 is 8.42 Å². The van der Waals surface area contributed by atoms with Gasteiger partial charge in [-0.1, -0.05) is 13.8 Å². The van der Waals surface area contributed by atoms with Gasteiger partial charge in [0, 0.05) is 19.1 Å². The molecule has 0 aliphatic carbocycles. The van der Waals surface area contributed by atoms with E-state index in [2.05, 4.69) is 38.2 Å². The Kier molecular flexibility index (Phi) is 4.37. The Morgan fingerprint density at radius 3 is 2.44 bits per heavy atom. The van der Waals surface area contributed by atoms with E-state index >= 15 is 0 Å². The molecule has 1 heterocycles. The quantitative estimate of drug-likeness (QED) is 0.763. The molecule has 1 N–H and O–H groups in total. The second-order valence-corrected chi connectivity index (χ2v) is 8.11. The third-order valence-electron chi connectivity index (χ3n) is 2.85. The fraction of sp³-hybridized carbons (Fsp3) is 1.00. The number of nitrogens with one attached hydrogen (secondary N) is 1. The highest BCUT2D eigenvalue weighted by Crippen LogP contribution is 2.17. The average molecular weight is 248 g/mol. The number of rotatable bonds is 5. The standard InChI is InChI=1S/C11H24N2O2S/c1-11(2,9-13(3)4)8-12-10-5-6-16(14,15)7-10/h10,12H,5-9H2,1-4H3. The smallest absolute Gasteiger partial charge is 0.151 e. The van der Waals surface area contributed by atoms with E-state index in [0.717, 1.165) is 19.5 Å². The van der Waals surface area contributed by atoms with Crippen molar-refractivity contribution in [3.63, 3.8) is 0 Å². The van der Waals surface area contributed by atoms with Crippen LogP contribution in [0.2, 0.25) is 0 Å². The van der Waals surface area contributed by atoms with Crippen LogP contribution in [0.15, 0.2) is 0 Å². The molecule has 1 aliphatic rings. The molecule has 1 aliphatic heterocycles. The summed E-state index contributed by atoms with van der Waals surface area (Å²) in [5.41, 5.74) is 0.176. The van der Waals surface area contributed by atoms with Gasteiger partial charge >= 0.3 is 0 Å². The monoisotopic (exact) mass is 248 g/mol. The summed E-state index contributed by atoms with van der Waals surface area (Å²) in [6, 6.07) is 0.159. The maximum Gasteiger partial charge on any atom is 0.151 e. The van der Waals surface area contributed by atoms with E-state index in [1.807, 2.05) is 0 Å². The fourth-order valence-corrected chi connectivity index (χ4v) is 4.00. The minimum Gasteiger partial charge on any atom is -0.312 e. The Bertz CT molecular complexity index is 323. The first-order valence-electron chi connectivity index (χ1n) is 5.79. The molecular formula is C11H24N2O2S. The SMILES string of the molecule is CN(C)CC(C)(C)CNC1CCS(=O)(=O)C1. The van der Waals surface area contributed by atoms with Crippen LogP contribution >= 0.6 is 0 Å². The van der Waals surface area contributed by atoms with Crippen molar-refractivity contribution in [2.75, 3.05) is 38.7 Å². The zero-order valence-electron chi connectivity index (χ0n) is 10.8. The average Bonchev–Trinajstić information content (AvgIpc) is 2.40. The first kappa shape index (κ1) is 13.9. The summed E-state index contributed by atoms with van der Waals surface area (Å²) >= 11 is 0. The minimum absolute atomic E-state index is 0.159. The van der Waals surface area contributed by atoms with Crippen LogP contribution in [0.3, 0.4) is 0 Å². The van der Waals surface area contributed by atoms with Gasteiger partial charge < -0.3 is 10.2 Å². The van der Waals surface area contributed by atoms with Crippen molar-refractivity contribution >= 4 is 9.84 Å². The summed E-state index contributed by atoms with van der Waals surface area (Å²) in [7, 11) is 1.36. The summed E-state index contributed by atoms with van der Waals surface area (Å²) in [5, 5.41) is 3.38. The molecule has 5 heteroatoms. The Hall–Kier alpha value is -0.130. The van der Waals surface area contributed by atoms with Crippen LogP contribution in [-0.2, 0) is 9.84 Å². The van der Waals surface area contributed by atoms with E-state index in [1.165, 1.54) is 0 Å². The van der Waals surface area contributed by atoms with Gasteiger partial charge in [0.05, 0.1) is 11.5 Å². The molecule has 0 saturated carbocycles. The molecular weight excluding hydrogens is 224 g/mol. The lowest BCUT2D eigenvalue weighted by Gasteiger charge is -2.29. The van der Waals surface area contributed by atoms with Crippen LogP contribution < -0.4 is 5.32 Å². The molecule has 0 aromatic carbocycles. The molecule has 16 heavy (non-hydrogen) atoms. The third-order valence-corrected chi connectivity index (χ3v) is 4.61. The number of hydrogen-bond acceptors (Lipinski definition) is 4. The fourth-order valence-electron chi connectivity index (χ4n) is 2.29. The Labute approximate surface area is 99.3 Å². The predicted octanol–water partition coefficient (Wildman–Crippen LogP) is 0.351. The van der Waals surface area contributed by atoms with Gasteiger partial charge in [0.1, 0.15) is 0 Å². The van der Waals surface area contributed by atoms with Gasteiger partial charge in [-0.15, -0.1) is 0 Å². The molecule has 1 rings (SSSR count). The van der Waals surface area contributed by atoms with Crippen molar-refractivity contribution in [2.24, 2.45) is 5.41 Å². The van der Waals surface area contributed by atoms with Gasteiger partial charge in [-0.05, 0) is 25.9 Å². The highest BCUT2D eigenvalue weighted by atomic mass is 32.2. The van der Waals surface area contributed by atoms with E-state index in [1.54, 1.807) is 0 Å². The lowest BCUT2D eigenvalue weighted by Crippen LogP contribution is -2.42. The first-order valence-corrected chi connectivity index (χ1v) is 7.61. The summed E-state index contributed by atoms with van der Waals surface area (Å²) < 4.78 is 22.6. The third kappa shape index (κ3) is 4.80. The Morgan fingerprint density at radius 2 is 2.00 bits per heavy atom. The number of sulfone groups is 1. The Balaban J connectivity index is 2.35. The van der Waals surface area contributed by atoms with Crippen LogP contribution in [0.25, 0.3) is 0 Å². The zero-order chi connectivity index (χ0) is 12.4. The molecule has 0 aromatic rings. The van der Waals surface area contributed by atoms with Gasteiger partial charge in [-0.3, -0.25) is 0 Å². The summed E-state index contributed by atoms with van der Waals surface area (Å²) in [6.07, 6.45) is 0.764. The molecule has 1 fully saturated rings. The molecule has 0 radical (unpaired) electrons. The molecule has 1 unspecified atom stereocenters. The normalized spacial score (nSPS) is 25.2. The van der Waals surface area contributed by atoms with Crippen molar-refractivity contribution in [1.29, 1.82) is 0 Å².